The van der Waals surface area contributed by atoms with Crippen LogP contribution in [0.3, 0.4) is 0 Å². The molecule has 3 heterocycles. The zero-order chi connectivity index (χ0) is 11.9. The van der Waals surface area contributed by atoms with Crippen LogP contribution in [0.15, 0.2) is 24.3 Å². The van der Waals surface area contributed by atoms with Gasteiger partial charge in [-0.05, 0) is 42.7 Å². The normalized spacial score (nSPS) is 34.8. The summed E-state index contributed by atoms with van der Waals surface area (Å²) < 4.78 is 0. The molecule has 1 aromatic rings. The Balaban J connectivity index is 1.42. The first-order chi connectivity index (χ1) is 8.88. The summed E-state index contributed by atoms with van der Waals surface area (Å²) in [4.78, 5) is 2.68. The Hall–Kier alpha value is -0.860. The average Bonchev–Trinajstić information content (AvgIpc) is 3.01. The zero-order valence-corrected chi connectivity index (χ0v) is 10.9. The molecule has 2 fully saturated rings. The third kappa shape index (κ3) is 1.88. The Morgan fingerprint density at radius 3 is 2.83 bits per heavy atom. The van der Waals surface area contributed by atoms with E-state index in [-0.39, 0.29) is 0 Å². The monoisotopic (exact) mass is 242 g/mol. The van der Waals surface area contributed by atoms with Crippen LogP contribution in [0.2, 0.25) is 0 Å². The predicted octanol–water partition coefficient (Wildman–Crippen LogP) is 2.19. The first-order valence-electron chi connectivity index (χ1n) is 7.44. The molecule has 1 aromatic carbocycles. The van der Waals surface area contributed by atoms with Crippen LogP contribution in [0.25, 0.3) is 0 Å². The summed E-state index contributed by atoms with van der Waals surface area (Å²) in [5.74, 6) is 0.911. The van der Waals surface area contributed by atoms with E-state index in [4.69, 9.17) is 0 Å². The summed E-state index contributed by atoms with van der Waals surface area (Å²) in [6.45, 7) is 3.73. The van der Waals surface area contributed by atoms with E-state index in [1.165, 1.54) is 45.3 Å². The van der Waals surface area contributed by atoms with Crippen molar-refractivity contribution in [2.75, 3.05) is 13.1 Å². The molecule has 2 heteroatoms. The molecule has 3 aliphatic heterocycles. The predicted molar refractivity (Wildman–Crippen MR) is 73.5 cm³/mol. The maximum absolute atomic E-state index is 3.76. The van der Waals surface area contributed by atoms with Gasteiger partial charge in [0.2, 0.25) is 0 Å². The van der Waals surface area contributed by atoms with Crippen molar-refractivity contribution in [2.24, 2.45) is 5.92 Å². The first kappa shape index (κ1) is 11.0. The highest BCUT2D eigenvalue weighted by Gasteiger charge is 2.39. The fourth-order valence-electron chi connectivity index (χ4n) is 4.18. The second-order valence-electron chi connectivity index (χ2n) is 6.30. The van der Waals surface area contributed by atoms with Crippen molar-refractivity contribution in [1.29, 1.82) is 0 Å². The third-order valence-electron chi connectivity index (χ3n) is 5.13. The Morgan fingerprint density at radius 1 is 1.17 bits per heavy atom. The molecule has 2 saturated heterocycles. The van der Waals surface area contributed by atoms with Gasteiger partial charge in [0.1, 0.15) is 0 Å². The molecule has 18 heavy (non-hydrogen) atoms. The summed E-state index contributed by atoms with van der Waals surface area (Å²) in [6.07, 6.45) is 5.50. The van der Waals surface area contributed by atoms with Crippen LogP contribution in [0.4, 0.5) is 0 Å². The van der Waals surface area contributed by atoms with Gasteiger partial charge in [-0.2, -0.15) is 0 Å². The van der Waals surface area contributed by atoms with Gasteiger partial charge < -0.3 is 5.32 Å². The van der Waals surface area contributed by atoms with Gasteiger partial charge in [0.15, 0.2) is 0 Å². The van der Waals surface area contributed by atoms with E-state index in [1.54, 1.807) is 11.1 Å². The lowest BCUT2D eigenvalue weighted by Crippen LogP contribution is -2.38. The van der Waals surface area contributed by atoms with Crippen LogP contribution in [0.5, 0.6) is 0 Å². The summed E-state index contributed by atoms with van der Waals surface area (Å²) in [6, 6.07) is 10.6. The summed E-state index contributed by atoms with van der Waals surface area (Å²) in [5, 5.41) is 3.76. The van der Waals surface area contributed by atoms with Gasteiger partial charge in [-0.25, -0.2) is 0 Å². The highest BCUT2D eigenvalue weighted by Crippen LogP contribution is 2.34. The molecule has 96 valence electrons. The lowest BCUT2D eigenvalue weighted by molar-refractivity contribution is 0.196. The minimum absolute atomic E-state index is 0.826. The van der Waals surface area contributed by atoms with Crippen LogP contribution in [-0.2, 0) is 13.0 Å². The van der Waals surface area contributed by atoms with Crippen LogP contribution in [0, 0.1) is 5.92 Å². The molecule has 0 radical (unpaired) electrons. The first-order valence-corrected chi connectivity index (χ1v) is 7.44. The highest BCUT2D eigenvalue weighted by atomic mass is 15.1. The minimum atomic E-state index is 0.826. The van der Waals surface area contributed by atoms with E-state index in [1.807, 2.05) is 0 Å². The van der Waals surface area contributed by atoms with Crippen LogP contribution in [-0.4, -0.2) is 30.1 Å². The van der Waals surface area contributed by atoms with E-state index in [0.717, 1.165) is 18.0 Å². The topological polar surface area (TPSA) is 15.3 Å². The van der Waals surface area contributed by atoms with E-state index in [2.05, 4.69) is 34.5 Å². The smallest absolute Gasteiger partial charge is 0.0236 e. The second kappa shape index (κ2) is 4.36. The van der Waals surface area contributed by atoms with E-state index in [0.29, 0.717) is 0 Å². The lowest BCUT2D eigenvalue weighted by atomic mass is 9.88. The van der Waals surface area contributed by atoms with Gasteiger partial charge in [0.25, 0.3) is 0 Å². The Labute approximate surface area is 109 Å². The molecule has 1 N–H and O–H groups in total. The van der Waals surface area contributed by atoms with Gasteiger partial charge in [0, 0.05) is 31.7 Å². The quantitative estimate of drug-likeness (QED) is 0.855. The molecule has 0 saturated carbocycles. The Morgan fingerprint density at radius 2 is 2.06 bits per heavy atom. The molecule has 3 unspecified atom stereocenters. The number of nitrogens with zero attached hydrogens (tertiary/aromatic N) is 1. The van der Waals surface area contributed by atoms with E-state index >= 15 is 0 Å². The molecule has 2 bridgehead atoms. The molecule has 0 amide bonds. The van der Waals surface area contributed by atoms with Gasteiger partial charge in [-0.3, -0.25) is 4.90 Å². The minimum Gasteiger partial charge on any atom is -0.311 e. The van der Waals surface area contributed by atoms with Gasteiger partial charge in [-0.15, -0.1) is 0 Å². The number of hydrogen-bond donors (Lipinski definition) is 1. The maximum Gasteiger partial charge on any atom is 0.0236 e. The highest BCUT2D eigenvalue weighted by molar-refractivity contribution is 5.29. The van der Waals surface area contributed by atoms with E-state index in [9.17, 15) is 0 Å². The van der Waals surface area contributed by atoms with Crippen LogP contribution < -0.4 is 5.32 Å². The van der Waals surface area contributed by atoms with Crippen LogP contribution >= 0.6 is 0 Å². The molecule has 0 aromatic heterocycles. The average molecular weight is 242 g/mol. The number of rotatable bonds is 2. The number of benzene rings is 1. The molecule has 2 nitrogen and oxygen atoms in total. The molecule has 0 aliphatic carbocycles. The number of nitrogens with one attached hydrogen (secondary N) is 1. The lowest BCUT2D eigenvalue weighted by Gasteiger charge is -2.33. The fourth-order valence-corrected chi connectivity index (χ4v) is 4.18. The van der Waals surface area contributed by atoms with E-state index < -0.39 is 0 Å². The van der Waals surface area contributed by atoms with Crippen molar-refractivity contribution in [1.82, 2.24) is 10.2 Å². The molecule has 4 rings (SSSR count). The standard InChI is InChI=1S/C16H22N2/c1-2-4-13-10-18(8-7-12(13)3-1)11-14-9-15-5-6-16(14)17-15/h1-4,14-17H,5-11H2. The van der Waals surface area contributed by atoms with Crippen LogP contribution in [0.1, 0.15) is 30.4 Å². The summed E-state index contributed by atoms with van der Waals surface area (Å²) in [5.41, 5.74) is 3.12. The summed E-state index contributed by atoms with van der Waals surface area (Å²) >= 11 is 0. The van der Waals surface area contributed by atoms with Gasteiger partial charge in [-0.1, -0.05) is 24.3 Å². The molecular formula is C16H22N2. The van der Waals surface area contributed by atoms with Crippen molar-refractivity contribution in [2.45, 2.75) is 44.3 Å². The van der Waals surface area contributed by atoms with Gasteiger partial charge >= 0.3 is 0 Å². The number of fused-ring (bicyclic) bond motifs is 3. The third-order valence-corrected chi connectivity index (χ3v) is 5.13. The summed E-state index contributed by atoms with van der Waals surface area (Å²) in [7, 11) is 0. The van der Waals surface area contributed by atoms with Crippen molar-refractivity contribution < 1.29 is 0 Å². The Bertz CT molecular complexity index is 442. The molecule has 3 aliphatic rings. The largest absolute Gasteiger partial charge is 0.311 e. The Kier molecular flexibility index (Phi) is 2.66. The maximum atomic E-state index is 3.76. The van der Waals surface area contributed by atoms with Crippen molar-refractivity contribution in [3.63, 3.8) is 0 Å². The van der Waals surface area contributed by atoms with Crippen molar-refractivity contribution in [3.8, 4) is 0 Å². The SMILES string of the molecule is c1ccc2c(c1)CCN(CC1CC3CCC1N3)C2. The molecule has 3 atom stereocenters. The van der Waals surface area contributed by atoms with Crippen molar-refractivity contribution >= 4 is 0 Å². The number of hydrogen-bond acceptors (Lipinski definition) is 2. The molecular weight excluding hydrogens is 220 g/mol. The van der Waals surface area contributed by atoms with Gasteiger partial charge in [0.05, 0.1) is 0 Å². The van der Waals surface area contributed by atoms with Crippen molar-refractivity contribution in [3.05, 3.63) is 35.4 Å². The molecule has 0 spiro atoms. The second-order valence-corrected chi connectivity index (χ2v) is 6.30. The fraction of sp³-hybridized carbons (Fsp3) is 0.625. The zero-order valence-electron chi connectivity index (χ0n) is 10.9.